The fourth-order valence-corrected chi connectivity index (χ4v) is 2.08. The molecule has 3 rings (SSSR count). The molecule has 3 heteroatoms. The molecule has 2 nitrogen and oxygen atoms in total. The predicted molar refractivity (Wildman–Crippen MR) is 82.9 cm³/mol. The summed E-state index contributed by atoms with van der Waals surface area (Å²) in [5.41, 5.74) is 1.54. The first-order chi connectivity index (χ1) is 9.72. The van der Waals surface area contributed by atoms with Gasteiger partial charge in [-0.15, -0.1) is 0 Å². The van der Waals surface area contributed by atoms with E-state index in [2.05, 4.69) is 0 Å². The number of benzene rings is 2. The number of halogens is 1. The normalized spacial score (nSPS) is 11.2. The van der Waals surface area contributed by atoms with E-state index in [1.807, 2.05) is 42.5 Å². The summed E-state index contributed by atoms with van der Waals surface area (Å²) in [5.74, 6) is 0.531. The van der Waals surface area contributed by atoms with Crippen LogP contribution < -0.4 is 5.43 Å². The van der Waals surface area contributed by atoms with Crippen molar-refractivity contribution in [1.82, 2.24) is 0 Å². The van der Waals surface area contributed by atoms with Gasteiger partial charge in [0.05, 0.1) is 5.39 Å². The number of fused-ring (bicyclic) bond motifs is 1. The van der Waals surface area contributed by atoms with Crippen LogP contribution in [0.25, 0.3) is 23.1 Å². The maximum Gasteiger partial charge on any atom is 0.193 e. The third-order valence-electron chi connectivity index (χ3n) is 2.96. The van der Waals surface area contributed by atoms with Crippen molar-refractivity contribution in [2.45, 2.75) is 0 Å². The smallest absolute Gasteiger partial charge is 0.193 e. The Hall–Kier alpha value is -2.32. The molecule has 0 N–H and O–H groups in total. The van der Waals surface area contributed by atoms with Crippen LogP contribution in [-0.4, -0.2) is 0 Å². The first-order valence-corrected chi connectivity index (χ1v) is 6.57. The minimum Gasteiger partial charge on any atom is -0.456 e. The van der Waals surface area contributed by atoms with Gasteiger partial charge in [0.25, 0.3) is 0 Å². The Balaban J connectivity index is 1.98. The quantitative estimate of drug-likeness (QED) is 0.687. The summed E-state index contributed by atoms with van der Waals surface area (Å²) >= 11 is 5.83. The zero-order chi connectivity index (χ0) is 13.9. The maximum absolute atomic E-state index is 11.9. The molecule has 0 fully saturated rings. The Morgan fingerprint density at radius 2 is 1.70 bits per heavy atom. The molecule has 1 aromatic heterocycles. The van der Waals surface area contributed by atoms with Crippen LogP contribution >= 0.6 is 11.6 Å². The molecule has 0 spiro atoms. The molecular formula is C17H11ClO2. The Morgan fingerprint density at radius 1 is 0.950 bits per heavy atom. The summed E-state index contributed by atoms with van der Waals surface area (Å²) in [6, 6.07) is 16.1. The van der Waals surface area contributed by atoms with Gasteiger partial charge in [0.1, 0.15) is 11.3 Å². The molecule has 98 valence electrons. The highest BCUT2D eigenvalue weighted by molar-refractivity contribution is 6.30. The van der Waals surface area contributed by atoms with E-state index in [0.29, 0.717) is 21.8 Å². The highest BCUT2D eigenvalue weighted by Crippen LogP contribution is 2.15. The average Bonchev–Trinajstić information content (AvgIpc) is 2.47. The molecular weight excluding hydrogens is 272 g/mol. The van der Waals surface area contributed by atoms with E-state index >= 15 is 0 Å². The molecule has 0 saturated carbocycles. The van der Waals surface area contributed by atoms with Gasteiger partial charge in [-0.05, 0) is 35.9 Å². The van der Waals surface area contributed by atoms with Gasteiger partial charge in [-0.25, -0.2) is 0 Å². The minimum atomic E-state index is -0.0393. The fraction of sp³-hybridized carbons (Fsp3) is 0. The number of para-hydroxylation sites is 1. The lowest BCUT2D eigenvalue weighted by atomic mass is 10.2. The van der Waals surface area contributed by atoms with Crippen molar-refractivity contribution in [2.75, 3.05) is 0 Å². The first-order valence-electron chi connectivity index (χ1n) is 6.19. The number of hydrogen-bond donors (Lipinski definition) is 0. The van der Waals surface area contributed by atoms with Crippen molar-refractivity contribution < 1.29 is 4.42 Å². The second-order valence-electron chi connectivity index (χ2n) is 4.39. The third-order valence-corrected chi connectivity index (χ3v) is 3.22. The molecule has 0 amide bonds. The van der Waals surface area contributed by atoms with Crippen LogP contribution in [0.2, 0.25) is 5.02 Å². The largest absolute Gasteiger partial charge is 0.456 e. The number of hydrogen-bond acceptors (Lipinski definition) is 2. The second kappa shape index (κ2) is 5.35. The van der Waals surface area contributed by atoms with E-state index in [1.54, 1.807) is 18.2 Å². The molecule has 1 heterocycles. The molecule has 0 aliphatic rings. The van der Waals surface area contributed by atoms with Gasteiger partial charge in [0.2, 0.25) is 0 Å². The van der Waals surface area contributed by atoms with E-state index in [0.717, 1.165) is 5.56 Å². The summed E-state index contributed by atoms with van der Waals surface area (Å²) in [4.78, 5) is 11.9. The Bertz CT molecular complexity index is 829. The molecule has 0 unspecified atom stereocenters. The topological polar surface area (TPSA) is 30.2 Å². The molecule has 0 aliphatic heterocycles. The summed E-state index contributed by atoms with van der Waals surface area (Å²) in [7, 11) is 0. The van der Waals surface area contributed by atoms with Gasteiger partial charge in [-0.3, -0.25) is 4.79 Å². The molecule has 0 radical (unpaired) electrons. The van der Waals surface area contributed by atoms with Gasteiger partial charge >= 0.3 is 0 Å². The lowest BCUT2D eigenvalue weighted by molar-refractivity contribution is 0.591. The van der Waals surface area contributed by atoms with Crippen LogP contribution in [0, 0.1) is 0 Å². The van der Waals surface area contributed by atoms with Gasteiger partial charge in [0, 0.05) is 11.1 Å². The summed E-state index contributed by atoms with van der Waals surface area (Å²) in [5, 5.41) is 1.29. The molecule has 0 atom stereocenters. The molecule has 0 saturated heterocycles. The van der Waals surface area contributed by atoms with E-state index in [9.17, 15) is 4.79 Å². The van der Waals surface area contributed by atoms with Crippen molar-refractivity contribution >= 4 is 34.7 Å². The molecule has 2 aromatic carbocycles. The van der Waals surface area contributed by atoms with Crippen molar-refractivity contribution in [2.24, 2.45) is 0 Å². The Kier molecular flexibility index (Phi) is 3.40. The average molecular weight is 283 g/mol. The van der Waals surface area contributed by atoms with Crippen molar-refractivity contribution in [3.8, 4) is 0 Å². The monoisotopic (exact) mass is 282 g/mol. The van der Waals surface area contributed by atoms with Gasteiger partial charge in [-0.2, -0.15) is 0 Å². The van der Waals surface area contributed by atoms with E-state index in [-0.39, 0.29) is 5.43 Å². The standard InChI is InChI=1S/C17H11ClO2/c18-13-8-5-12(6-9-13)7-10-14-11-16(19)15-3-1-2-4-17(15)20-14/h1-11H. The summed E-state index contributed by atoms with van der Waals surface area (Å²) in [6.07, 6.45) is 3.65. The Labute approximate surface area is 120 Å². The van der Waals surface area contributed by atoms with Crippen LogP contribution in [0.3, 0.4) is 0 Å². The zero-order valence-corrected chi connectivity index (χ0v) is 11.3. The molecule has 20 heavy (non-hydrogen) atoms. The first kappa shape index (κ1) is 12.7. The van der Waals surface area contributed by atoms with Gasteiger partial charge < -0.3 is 4.42 Å². The van der Waals surface area contributed by atoms with Crippen molar-refractivity contribution in [1.29, 1.82) is 0 Å². The van der Waals surface area contributed by atoms with Crippen LogP contribution in [-0.2, 0) is 0 Å². The van der Waals surface area contributed by atoms with Crippen LogP contribution in [0.1, 0.15) is 11.3 Å². The molecule has 3 aromatic rings. The van der Waals surface area contributed by atoms with E-state index < -0.39 is 0 Å². The van der Waals surface area contributed by atoms with Gasteiger partial charge in [0.15, 0.2) is 5.43 Å². The zero-order valence-electron chi connectivity index (χ0n) is 10.5. The highest BCUT2D eigenvalue weighted by atomic mass is 35.5. The van der Waals surface area contributed by atoms with Crippen molar-refractivity contribution in [3.63, 3.8) is 0 Å². The lowest BCUT2D eigenvalue weighted by Gasteiger charge is -1.98. The molecule has 0 bridgehead atoms. The van der Waals surface area contributed by atoms with Gasteiger partial charge in [-0.1, -0.05) is 41.9 Å². The van der Waals surface area contributed by atoms with E-state index in [4.69, 9.17) is 16.0 Å². The maximum atomic E-state index is 11.9. The van der Waals surface area contributed by atoms with E-state index in [1.165, 1.54) is 6.07 Å². The van der Waals surface area contributed by atoms with Crippen LogP contribution in [0.15, 0.2) is 63.8 Å². The lowest BCUT2D eigenvalue weighted by Crippen LogP contribution is -1.99. The SMILES string of the molecule is O=c1cc(C=Cc2ccc(Cl)cc2)oc2ccccc12. The van der Waals surface area contributed by atoms with Crippen molar-refractivity contribution in [3.05, 3.63) is 81.2 Å². The fourth-order valence-electron chi connectivity index (χ4n) is 1.96. The Morgan fingerprint density at radius 3 is 2.50 bits per heavy atom. The van der Waals surface area contributed by atoms with Crippen LogP contribution in [0.4, 0.5) is 0 Å². The van der Waals surface area contributed by atoms with Crippen LogP contribution in [0.5, 0.6) is 0 Å². The predicted octanol–water partition coefficient (Wildman–Crippen LogP) is 4.62. The number of rotatable bonds is 2. The highest BCUT2D eigenvalue weighted by Gasteiger charge is 2.01. The summed E-state index contributed by atoms with van der Waals surface area (Å²) in [6.45, 7) is 0. The minimum absolute atomic E-state index is 0.0393. The third kappa shape index (κ3) is 2.65. The summed E-state index contributed by atoms with van der Waals surface area (Å²) < 4.78 is 5.68. The molecule has 0 aliphatic carbocycles. The second-order valence-corrected chi connectivity index (χ2v) is 4.83.